The van der Waals surface area contributed by atoms with E-state index in [1.54, 1.807) is 0 Å². The van der Waals surface area contributed by atoms with E-state index in [0.29, 0.717) is 0 Å². The Morgan fingerprint density at radius 3 is 2.05 bits per heavy atom. The quantitative estimate of drug-likeness (QED) is 0.615. The van der Waals surface area contributed by atoms with Gasteiger partial charge in [-0.15, -0.1) is 11.6 Å². The zero-order chi connectivity index (χ0) is 15.5. The molecule has 2 nitrogen and oxygen atoms in total. The Morgan fingerprint density at radius 1 is 1.15 bits per heavy atom. The average molecular weight is 320 g/mol. The molecule has 0 aliphatic carbocycles. The second-order valence-corrected chi connectivity index (χ2v) is 4.15. The van der Waals surface area contributed by atoms with Crippen LogP contribution < -0.4 is 0 Å². The first kappa shape index (κ1) is 16.6. The summed E-state index contributed by atoms with van der Waals surface area (Å²) >= 11 is 5.25. The maximum absolute atomic E-state index is 13.4. The summed E-state index contributed by atoms with van der Waals surface area (Å²) in [7, 11) is 0. The Balaban J connectivity index is 3.13. The number of halogens is 7. The Bertz CT molecular complexity index is 481. The second kappa shape index (κ2) is 6.34. The van der Waals surface area contributed by atoms with E-state index in [0.717, 1.165) is 0 Å². The third-order valence-corrected chi connectivity index (χ3v) is 2.40. The molecule has 1 aromatic carbocycles. The van der Waals surface area contributed by atoms with Crippen LogP contribution in [0.25, 0.3) is 0 Å². The Kier molecular flexibility index (Phi) is 5.27. The first-order valence-electron chi connectivity index (χ1n) is 5.22. The van der Waals surface area contributed by atoms with E-state index in [9.17, 15) is 31.1 Å². The minimum atomic E-state index is -4.76. The molecule has 1 aromatic rings. The third kappa shape index (κ3) is 4.29. The average Bonchev–Trinajstić information content (AvgIpc) is 2.24. The van der Waals surface area contributed by atoms with Crippen molar-refractivity contribution in [3.8, 4) is 0 Å². The van der Waals surface area contributed by atoms with Crippen molar-refractivity contribution >= 4 is 17.5 Å². The molecule has 0 fully saturated rings. The second-order valence-electron chi connectivity index (χ2n) is 3.78. The molecule has 0 N–H and O–H groups in total. The SMILES string of the molecule is O=C(c1c(F)cc(F)cc1F)N(CCCl)CC(F)(F)F. The topological polar surface area (TPSA) is 20.3 Å². The molecule has 0 unspecified atom stereocenters. The maximum atomic E-state index is 13.4. The van der Waals surface area contributed by atoms with Gasteiger partial charge in [-0.1, -0.05) is 0 Å². The van der Waals surface area contributed by atoms with Gasteiger partial charge >= 0.3 is 6.18 Å². The summed E-state index contributed by atoms with van der Waals surface area (Å²) in [5, 5.41) is 0. The fourth-order valence-electron chi connectivity index (χ4n) is 1.48. The van der Waals surface area contributed by atoms with Crippen LogP contribution >= 0.6 is 11.6 Å². The zero-order valence-electron chi connectivity index (χ0n) is 9.78. The van der Waals surface area contributed by atoms with Crippen molar-refractivity contribution in [1.29, 1.82) is 0 Å². The van der Waals surface area contributed by atoms with Gasteiger partial charge in [0.25, 0.3) is 5.91 Å². The molecule has 112 valence electrons. The van der Waals surface area contributed by atoms with Crippen molar-refractivity contribution in [2.75, 3.05) is 19.0 Å². The van der Waals surface area contributed by atoms with Gasteiger partial charge in [0.05, 0.1) is 0 Å². The highest BCUT2D eigenvalue weighted by atomic mass is 35.5. The molecular weight excluding hydrogens is 312 g/mol. The van der Waals surface area contributed by atoms with E-state index in [-0.39, 0.29) is 22.9 Å². The summed E-state index contributed by atoms with van der Waals surface area (Å²) in [5.41, 5.74) is -1.25. The molecule has 1 rings (SSSR count). The van der Waals surface area contributed by atoms with Crippen LogP contribution in [-0.2, 0) is 0 Å². The number of carbonyl (C=O) groups is 1. The molecule has 9 heteroatoms. The van der Waals surface area contributed by atoms with E-state index in [1.165, 1.54) is 0 Å². The first-order chi connectivity index (χ1) is 9.15. The molecule has 0 aliphatic rings. The van der Waals surface area contributed by atoms with Gasteiger partial charge in [-0.05, 0) is 0 Å². The number of alkyl halides is 4. The van der Waals surface area contributed by atoms with E-state index in [1.807, 2.05) is 0 Å². The summed E-state index contributed by atoms with van der Waals surface area (Å²) in [6, 6.07) is 0.422. The molecule has 0 aliphatic heterocycles. The van der Waals surface area contributed by atoms with Crippen LogP contribution in [0.4, 0.5) is 26.3 Å². The molecule has 20 heavy (non-hydrogen) atoms. The van der Waals surface area contributed by atoms with Crippen molar-refractivity contribution in [2.45, 2.75) is 6.18 Å². The van der Waals surface area contributed by atoms with Gasteiger partial charge in [0, 0.05) is 24.6 Å². The minimum absolute atomic E-state index is 0.145. The number of rotatable bonds is 4. The van der Waals surface area contributed by atoms with Crippen LogP contribution in [0.15, 0.2) is 12.1 Å². The van der Waals surface area contributed by atoms with Crippen molar-refractivity contribution in [2.24, 2.45) is 0 Å². The van der Waals surface area contributed by atoms with Gasteiger partial charge < -0.3 is 4.90 Å². The normalized spacial score (nSPS) is 11.6. The number of nitrogens with zero attached hydrogens (tertiary/aromatic N) is 1. The fraction of sp³-hybridized carbons (Fsp3) is 0.364. The van der Waals surface area contributed by atoms with Crippen LogP contribution in [0.3, 0.4) is 0 Å². The molecule has 0 bridgehead atoms. The van der Waals surface area contributed by atoms with Crippen molar-refractivity contribution in [1.82, 2.24) is 4.90 Å². The number of hydrogen-bond acceptors (Lipinski definition) is 1. The van der Waals surface area contributed by atoms with Gasteiger partial charge in [0.1, 0.15) is 29.6 Å². The number of amides is 1. The minimum Gasteiger partial charge on any atom is -0.328 e. The molecule has 0 saturated heterocycles. The highest BCUT2D eigenvalue weighted by Crippen LogP contribution is 2.21. The summed E-state index contributed by atoms with van der Waals surface area (Å²) in [4.78, 5) is 11.9. The predicted molar refractivity (Wildman–Crippen MR) is 59.0 cm³/mol. The summed E-state index contributed by atoms with van der Waals surface area (Å²) in [6.45, 7) is -2.27. The lowest BCUT2D eigenvalue weighted by Crippen LogP contribution is -2.40. The number of benzene rings is 1. The molecule has 0 atom stereocenters. The number of carbonyl (C=O) groups excluding carboxylic acids is 1. The van der Waals surface area contributed by atoms with E-state index < -0.39 is 48.2 Å². The highest BCUT2D eigenvalue weighted by Gasteiger charge is 2.34. The van der Waals surface area contributed by atoms with Crippen LogP contribution in [0, 0.1) is 17.5 Å². The van der Waals surface area contributed by atoms with Gasteiger partial charge in [-0.25, -0.2) is 13.2 Å². The Hall–Kier alpha value is -1.44. The van der Waals surface area contributed by atoms with Crippen molar-refractivity contribution < 1.29 is 31.1 Å². The highest BCUT2D eigenvalue weighted by molar-refractivity contribution is 6.18. The maximum Gasteiger partial charge on any atom is 0.406 e. The fourth-order valence-corrected chi connectivity index (χ4v) is 1.68. The molecular formula is C11H8ClF6NO. The van der Waals surface area contributed by atoms with E-state index in [4.69, 9.17) is 11.6 Å². The van der Waals surface area contributed by atoms with Crippen LogP contribution in [0.5, 0.6) is 0 Å². The van der Waals surface area contributed by atoms with Crippen LogP contribution in [0.1, 0.15) is 10.4 Å². The molecule has 0 heterocycles. The van der Waals surface area contributed by atoms with Crippen LogP contribution in [0.2, 0.25) is 0 Å². The van der Waals surface area contributed by atoms with Gasteiger partial charge in [-0.2, -0.15) is 13.2 Å². The predicted octanol–water partition coefficient (Wildman–Crippen LogP) is 3.35. The van der Waals surface area contributed by atoms with Gasteiger partial charge in [0.15, 0.2) is 0 Å². The molecule has 0 radical (unpaired) electrons. The largest absolute Gasteiger partial charge is 0.406 e. The van der Waals surface area contributed by atoms with Crippen molar-refractivity contribution in [3.05, 3.63) is 35.1 Å². The van der Waals surface area contributed by atoms with Crippen molar-refractivity contribution in [3.63, 3.8) is 0 Å². The zero-order valence-corrected chi connectivity index (χ0v) is 10.5. The molecule has 0 aromatic heterocycles. The first-order valence-corrected chi connectivity index (χ1v) is 5.75. The van der Waals surface area contributed by atoms with E-state index in [2.05, 4.69) is 0 Å². The smallest absolute Gasteiger partial charge is 0.328 e. The van der Waals surface area contributed by atoms with E-state index >= 15 is 0 Å². The molecule has 0 saturated carbocycles. The monoisotopic (exact) mass is 319 g/mol. The summed E-state index contributed by atoms with van der Waals surface area (Å²) in [6.07, 6.45) is -4.76. The van der Waals surface area contributed by atoms with Gasteiger partial charge in [-0.3, -0.25) is 4.79 Å². The Morgan fingerprint density at radius 2 is 1.65 bits per heavy atom. The Labute approximate surface area is 114 Å². The third-order valence-electron chi connectivity index (χ3n) is 2.23. The lowest BCUT2D eigenvalue weighted by atomic mass is 10.1. The molecule has 0 spiro atoms. The van der Waals surface area contributed by atoms with Gasteiger partial charge in [0.2, 0.25) is 0 Å². The molecule has 1 amide bonds. The standard InChI is InChI=1S/C11H8ClF6NO/c12-1-2-19(5-11(16,17)18)10(20)9-7(14)3-6(13)4-8(9)15/h3-4H,1-2,5H2. The lowest BCUT2D eigenvalue weighted by molar-refractivity contribution is -0.140. The summed E-state index contributed by atoms with van der Waals surface area (Å²) in [5.74, 6) is -6.33. The number of hydrogen-bond donors (Lipinski definition) is 0. The lowest BCUT2D eigenvalue weighted by Gasteiger charge is -2.23. The van der Waals surface area contributed by atoms with Crippen LogP contribution in [-0.4, -0.2) is 36.0 Å². The summed E-state index contributed by atoms with van der Waals surface area (Å²) < 4.78 is 76.3.